The monoisotopic (exact) mass is 448 g/mol. The Morgan fingerprint density at radius 3 is 2.61 bits per heavy atom. The third-order valence-corrected chi connectivity index (χ3v) is 7.72. The lowest BCUT2D eigenvalue weighted by molar-refractivity contribution is 0.128. The van der Waals surface area contributed by atoms with Gasteiger partial charge < -0.3 is 20.4 Å². The zero-order chi connectivity index (χ0) is 21.9. The minimum absolute atomic E-state index is 0.508. The molecular weight excluding hydrogens is 404 g/mol. The highest BCUT2D eigenvalue weighted by Gasteiger charge is 2.31. The summed E-state index contributed by atoms with van der Waals surface area (Å²) in [6.45, 7) is 15.7. The first kappa shape index (κ1) is 24.5. The van der Waals surface area contributed by atoms with Crippen molar-refractivity contribution in [2.24, 2.45) is 10.9 Å². The summed E-state index contributed by atoms with van der Waals surface area (Å²) in [7, 11) is 2.27. The molecule has 1 aromatic rings. The number of nitrogens with one attached hydrogen (secondary N) is 2. The number of aliphatic imine (C=N–C) groups is 1. The molecule has 2 saturated heterocycles. The van der Waals surface area contributed by atoms with Crippen LogP contribution in [0.2, 0.25) is 0 Å². The summed E-state index contributed by atoms with van der Waals surface area (Å²) in [5, 5.41) is 9.22. The Labute approximate surface area is 194 Å². The fraction of sp³-hybridized carbons (Fsp3) is 0.792. The summed E-state index contributed by atoms with van der Waals surface area (Å²) in [5.74, 6) is 1.58. The van der Waals surface area contributed by atoms with Crippen LogP contribution in [0.15, 0.2) is 22.5 Å². The molecule has 1 aromatic heterocycles. The number of rotatable bonds is 10. The summed E-state index contributed by atoms with van der Waals surface area (Å²) in [6.07, 6.45) is 4.99. The molecule has 2 unspecified atom stereocenters. The van der Waals surface area contributed by atoms with E-state index >= 15 is 0 Å². The molecule has 6 nitrogen and oxygen atoms in total. The lowest BCUT2D eigenvalue weighted by Gasteiger charge is -2.38. The van der Waals surface area contributed by atoms with Crippen LogP contribution >= 0.6 is 11.3 Å². The number of likely N-dealkylation sites (N-methyl/N-ethyl adjacent to an activating group) is 1. The maximum absolute atomic E-state index is 4.99. The van der Waals surface area contributed by atoms with Gasteiger partial charge in [0.25, 0.3) is 0 Å². The van der Waals surface area contributed by atoms with E-state index in [1.54, 1.807) is 0 Å². The van der Waals surface area contributed by atoms with Crippen LogP contribution in [-0.4, -0.2) is 93.2 Å². The lowest BCUT2D eigenvalue weighted by Crippen LogP contribution is -2.46. The van der Waals surface area contributed by atoms with Crippen LogP contribution in [0.1, 0.15) is 50.4 Å². The number of hydrogen-bond acceptors (Lipinski definition) is 5. The van der Waals surface area contributed by atoms with Crippen LogP contribution in [0.25, 0.3) is 0 Å². The molecule has 31 heavy (non-hydrogen) atoms. The van der Waals surface area contributed by atoms with E-state index in [9.17, 15) is 0 Å². The van der Waals surface area contributed by atoms with Crippen LogP contribution in [0.3, 0.4) is 0 Å². The minimum Gasteiger partial charge on any atom is -0.357 e. The van der Waals surface area contributed by atoms with E-state index in [4.69, 9.17) is 4.99 Å². The van der Waals surface area contributed by atoms with E-state index in [1.165, 1.54) is 76.4 Å². The number of unbranched alkanes of at least 4 members (excludes halogenated alkanes) is 1. The molecule has 3 rings (SSSR count). The van der Waals surface area contributed by atoms with E-state index in [2.05, 4.69) is 63.7 Å². The zero-order valence-corrected chi connectivity index (χ0v) is 20.8. The molecule has 0 aliphatic carbocycles. The second kappa shape index (κ2) is 13.4. The normalized spacial score (nSPS) is 24.4. The van der Waals surface area contributed by atoms with E-state index < -0.39 is 0 Å². The number of hydrogen-bond donors (Lipinski definition) is 2. The smallest absolute Gasteiger partial charge is 0.191 e. The first-order chi connectivity index (χ1) is 15.2. The van der Waals surface area contributed by atoms with Crippen molar-refractivity contribution in [2.75, 3.05) is 72.5 Å². The molecular formula is C24H44N6S. The Bertz CT molecular complexity index is 626. The van der Waals surface area contributed by atoms with Gasteiger partial charge in [-0.2, -0.15) is 0 Å². The zero-order valence-electron chi connectivity index (χ0n) is 20.0. The molecule has 2 N–H and O–H groups in total. The van der Waals surface area contributed by atoms with Gasteiger partial charge in [-0.1, -0.05) is 13.0 Å². The van der Waals surface area contributed by atoms with Crippen LogP contribution in [0.5, 0.6) is 0 Å². The van der Waals surface area contributed by atoms with Gasteiger partial charge in [0.1, 0.15) is 0 Å². The highest BCUT2D eigenvalue weighted by molar-refractivity contribution is 7.10. The number of guanidine groups is 1. The van der Waals surface area contributed by atoms with Crippen molar-refractivity contribution in [1.29, 1.82) is 0 Å². The summed E-state index contributed by atoms with van der Waals surface area (Å²) >= 11 is 1.89. The fourth-order valence-corrected chi connectivity index (χ4v) is 5.89. The third kappa shape index (κ3) is 7.74. The highest BCUT2D eigenvalue weighted by Crippen LogP contribution is 2.37. The van der Waals surface area contributed by atoms with Crippen LogP contribution < -0.4 is 10.6 Å². The Balaban J connectivity index is 1.41. The second-order valence-electron chi connectivity index (χ2n) is 8.97. The summed E-state index contributed by atoms with van der Waals surface area (Å²) in [4.78, 5) is 14.2. The van der Waals surface area contributed by atoms with Crippen molar-refractivity contribution in [3.8, 4) is 0 Å². The van der Waals surface area contributed by atoms with Crippen molar-refractivity contribution in [1.82, 2.24) is 25.3 Å². The average molecular weight is 449 g/mol. The molecule has 0 saturated carbocycles. The SMILES string of the molecule is CCNC(=NCC1CCCN(C)C1c1cccs1)NCCCCN1CCN(CC)CC1. The molecule has 2 atom stereocenters. The molecule has 2 aliphatic heterocycles. The molecule has 2 fully saturated rings. The standard InChI is InChI=1S/C24H44N6S/c1-4-25-24(26-12-6-7-14-30-17-15-29(5-2)16-18-30)27-20-21-10-8-13-28(3)23(21)22-11-9-19-31-22/h9,11,19,21,23H,4-8,10,12-18,20H2,1-3H3,(H2,25,26,27). The Hall–Kier alpha value is -1.15. The minimum atomic E-state index is 0.508. The Morgan fingerprint density at radius 1 is 1.10 bits per heavy atom. The van der Waals surface area contributed by atoms with Gasteiger partial charge in [0, 0.05) is 56.7 Å². The van der Waals surface area contributed by atoms with Gasteiger partial charge in [-0.25, -0.2) is 0 Å². The first-order valence-electron chi connectivity index (χ1n) is 12.4. The van der Waals surface area contributed by atoms with Gasteiger partial charge in [-0.15, -0.1) is 11.3 Å². The molecule has 2 aliphatic rings. The lowest BCUT2D eigenvalue weighted by atomic mass is 9.88. The fourth-order valence-electron chi connectivity index (χ4n) is 4.91. The summed E-state index contributed by atoms with van der Waals surface area (Å²) in [5.41, 5.74) is 0. The van der Waals surface area contributed by atoms with Gasteiger partial charge in [0.05, 0.1) is 0 Å². The summed E-state index contributed by atoms with van der Waals surface area (Å²) in [6, 6.07) is 4.98. The summed E-state index contributed by atoms with van der Waals surface area (Å²) < 4.78 is 0. The Morgan fingerprint density at radius 2 is 1.90 bits per heavy atom. The molecule has 0 amide bonds. The van der Waals surface area contributed by atoms with Gasteiger partial charge in [0.2, 0.25) is 0 Å². The predicted octanol–water partition coefficient (Wildman–Crippen LogP) is 3.10. The number of thiophene rings is 1. The van der Waals surface area contributed by atoms with Crippen LogP contribution in [0, 0.1) is 5.92 Å². The van der Waals surface area contributed by atoms with E-state index in [0.29, 0.717) is 12.0 Å². The number of likely N-dealkylation sites (tertiary alicyclic amines) is 1. The van der Waals surface area contributed by atoms with Crippen molar-refractivity contribution in [2.45, 2.75) is 45.6 Å². The average Bonchev–Trinajstić information content (AvgIpc) is 3.32. The molecule has 0 aromatic carbocycles. The molecule has 0 spiro atoms. The van der Waals surface area contributed by atoms with Crippen molar-refractivity contribution in [3.05, 3.63) is 22.4 Å². The predicted molar refractivity (Wildman–Crippen MR) is 134 cm³/mol. The number of nitrogens with zero attached hydrogens (tertiary/aromatic N) is 4. The van der Waals surface area contributed by atoms with Crippen molar-refractivity contribution in [3.63, 3.8) is 0 Å². The first-order valence-corrected chi connectivity index (χ1v) is 13.3. The van der Waals surface area contributed by atoms with Gasteiger partial charge >= 0.3 is 0 Å². The Kier molecular flexibility index (Phi) is 10.6. The van der Waals surface area contributed by atoms with E-state index in [-0.39, 0.29) is 0 Å². The van der Waals surface area contributed by atoms with Gasteiger partial charge in [-0.3, -0.25) is 9.89 Å². The van der Waals surface area contributed by atoms with E-state index in [0.717, 1.165) is 25.6 Å². The topological polar surface area (TPSA) is 46.1 Å². The van der Waals surface area contributed by atoms with Crippen molar-refractivity contribution >= 4 is 17.3 Å². The van der Waals surface area contributed by atoms with Crippen LogP contribution in [0.4, 0.5) is 0 Å². The third-order valence-electron chi connectivity index (χ3n) is 6.78. The molecule has 7 heteroatoms. The van der Waals surface area contributed by atoms with Crippen LogP contribution in [-0.2, 0) is 0 Å². The molecule has 0 bridgehead atoms. The van der Waals surface area contributed by atoms with E-state index in [1.807, 2.05) is 11.3 Å². The van der Waals surface area contributed by atoms with Gasteiger partial charge in [-0.05, 0) is 76.7 Å². The van der Waals surface area contributed by atoms with Gasteiger partial charge in [0.15, 0.2) is 5.96 Å². The molecule has 176 valence electrons. The largest absolute Gasteiger partial charge is 0.357 e. The molecule has 0 radical (unpaired) electrons. The molecule has 3 heterocycles. The van der Waals surface area contributed by atoms with Crippen molar-refractivity contribution < 1.29 is 0 Å². The maximum atomic E-state index is 4.99. The number of piperazine rings is 1. The highest BCUT2D eigenvalue weighted by atomic mass is 32.1. The quantitative estimate of drug-likeness (QED) is 0.327. The maximum Gasteiger partial charge on any atom is 0.191 e. The second-order valence-corrected chi connectivity index (χ2v) is 9.95. The number of piperidine rings is 1.